The van der Waals surface area contributed by atoms with E-state index >= 15 is 0 Å². The van der Waals surface area contributed by atoms with Crippen molar-refractivity contribution in [1.82, 2.24) is 9.97 Å². The van der Waals surface area contributed by atoms with Crippen LogP contribution in [0.5, 0.6) is 11.5 Å². The third-order valence-electron chi connectivity index (χ3n) is 4.45. The van der Waals surface area contributed by atoms with E-state index in [4.69, 9.17) is 9.47 Å². The molecule has 29 heavy (non-hydrogen) atoms. The average Bonchev–Trinajstić information content (AvgIpc) is 3.16. The third-order valence-corrected chi connectivity index (χ3v) is 4.45. The summed E-state index contributed by atoms with van der Waals surface area (Å²) in [5.41, 5.74) is 1.01. The van der Waals surface area contributed by atoms with E-state index in [0.717, 1.165) is 5.56 Å². The van der Waals surface area contributed by atoms with Gasteiger partial charge in [-0.3, -0.25) is 4.90 Å². The van der Waals surface area contributed by atoms with E-state index in [2.05, 4.69) is 15.3 Å². The van der Waals surface area contributed by atoms with Crippen molar-refractivity contribution in [1.29, 1.82) is 0 Å². The van der Waals surface area contributed by atoms with Crippen molar-refractivity contribution in [2.24, 2.45) is 0 Å². The molecule has 0 radical (unpaired) electrons. The molecule has 1 amide bonds. The van der Waals surface area contributed by atoms with Crippen molar-refractivity contribution in [3.8, 4) is 11.5 Å². The van der Waals surface area contributed by atoms with Crippen LogP contribution < -0.4 is 15.0 Å². The van der Waals surface area contributed by atoms with Gasteiger partial charge in [-0.25, -0.2) is 14.2 Å². The Hall–Kier alpha value is -3.68. The molecule has 1 saturated heterocycles. The highest BCUT2D eigenvalue weighted by molar-refractivity contribution is 5.88. The highest BCUT2D eigenvalue weighted by Crippen LogP contribution is 2.25. The summed E-state index contributed by atoms with van der Waals surface area (Å²) < 4.78 is 23.6. The number of hydrogen-bond donors (Lipinski definition) is 1. The Bertz CT molecular complexity index is 996. The Morgan fingerprint density at radius 2 is 1.79 bits per heavy atom. The van der Waals surface area contributed by atoms with Gasteiger partial charge in [-0.2, -0.15) is 4.98 Å². The number of rotatable bonds is 6. The number of hydrogen-bond acceptors (Lipinski definition) is 6. The lowest BCUT2D eigenvalue weighted by Gasteiger charge is -2.17. The number of nitrogens with one attached hydrogen (secondary N) is 1. The van der Waals surface area contributed by atoms with Crippen molar-refractivity contribution in [3.05, 3.63) is 72.2 Å². The first-order valence-corrected chi connectivity index (χ1v) is 9.16. The first-order valence-electron chi connectivity index (χ1n) is 9.16. The Balaban J connectivity index is 1.41. The maximum Gasteiger partial charge on any atom is 0.415 e. The lowest BCUT2D eigenvalue weighted by atomic mass is 10.1. The normalized spacial score (nSPS) is 14.4. The van der Waals surface area contributed by atoms with Crippen molar-refractivity contribution in [2.75, 3.05) is 23.4 Å². The van der Waals surface area contributed by atoms with Gasteiger partial charge in [-0.1, -0.05) is 12.1 Å². The topological polar surface area (TPSA) is 76.6 Å². The number of carbonyl (C=O) groups is 1. The smallest absolute Gasteiger partial charge is 0.415 e. The lowest BCUT2D eigenvalue weighted by Crippen LogP contribution is -2.25. The van der Waals surface area contributed by atoms with E-state index < -0.39 is 6.09 Å². The van der Waals surface area contributed by atoms with Crippen LogP contribution in [-0.2, 0) is 4.74 Å². The van der Waals surface area contributed by atoms with E-state index in [9.17, 15) is 9.18 Å². The Morgan fingerprint density at radius 1 is 1.10 bits per heavy atom. The van der Waals surface area contributed by atoms with Gasteiger partial charge in [0.05, 0.1) is 12.6 Å². The minimum absolute atomic E-state index is 0.0735. The van der Waals surface area contributed by atoms with Gasteiger partial charge in [0.2, 0.25) is 5.95 Å². The molecule has 1 unspecified atom stereocenters. The standard InChI is InChI=1S/C21H19FN4O3/c1-14(24-20-23-11-10-19(25-20)26-12-13-28-21(26)27)15-2-6-17(7-3-15)29-18-8-4-16(22)5-9-18/h2-11,14H,12-13H2,1H3,(H,23,24,25). The molecular formula is C21H19FN4O3. The molecule has 0 saturated carbocycles. The number of cyclic esters (lactones) is 1. The van der Waals surface area contributed by atoms with Gasteiger partial charge in [0, 0.05) is 6.20 Å². The molecule has 7 nitrogen and oxygen atoms in total. The Morgan fingerprint density at radius 3 is 2.45 bits per heavy atom. The SMILES string of the molecule is CC(Nc1nccc(N2CCOC2=O)n1)c1ccc(Oc2ccc(F)cc2)cc1. The zero-order chi connectivity index (χ0) is 20.2. The molecule has 1 fully saturated rings. The second-order valence-corrected chi connectivity index (χ2v) is 6.50. The van der Waals surface area contributed by atoms with Crippen molar-refractivity contribution < 1.29 is 18.7 Å². The number of anilines is 2. The first kappa shape index (κ1) is 18.7. The van der Waals surface area contributed by atoms with Crippen LogP contribution in [0.1, 0.15) is 18.5 Å². The fraction of sp³-hybridized carbons (Fsp3) is 0.190. The zero-order valence-corrected chi connectivity index (χ0v) is 15.7. The molecule has 1 aromatic heterocycles. The molecule has 4 rings (SSSR count). The number of halogens is 1. The van der Waals surface area contributed by atoms with Gasteiger partial charge < -0.3 is 14.8 Å². The summed E-state index contributed by atoms with van der Waals surface area (Å²) in [6.07, 6.45) is 1.20. The Labute approximate surface area is 167 Å². The number of aromatic nitrogens is 2. The number of amides is 1. The van der Waals surface area contributed by atoms with Crippen LogP contribution in [0.25, 0.3) is 0 Å². The van der Waals surface area contributed by atoms with E-state index in [1.54, 1.807) is 24.4 Å². The van der Waals surface area contributed by atoms with Crippen LogP contribution in [0.3, 0.4) is 0 Å². The molecule has 2 heterocycles. The molecule has 2 aromatic carbocycles. The second-order valence-electron chi connectivity index (χ2n) is 6.50. The monoisotopic (exact) mass is 394 g/mol. The molecule has 3 aromatic rings. The van der Waals surface area contributed by atoms with Crippen LogP contribution in [0, 0.1) is 5.82 Å². The summed E-state index contributed by atoms with van der Waals surface area (Å²) in [4.78, 5) is 21.8. The Kier molecular flexibility index (Phi) is 5.24. The molecule has 1 atom stereocenters. The summed E-state index contributed by atoms with van der Waals surface area (Å²) >= 11 is 0. The summed E-state index contributed by atoms with van der Waals surface area (Å²) in [6, 6.07) is 15.0. The van der Waals surface area contributed by atoms with Crippen molar-refractivity contribution in [3.63, 3.8) is 0 Å². The fourth-order valence-corrected chi connectivity index (χ4v) is 2.91. The molecule has 0 bridgehead atoms. The van der Waals surface area contributed by atoms with E-state index in [-0.39, 0.29) is 11.9 Å². The molecule has 0 spiro atoms. The quantitative estimate of drug-likeness (QED) is 0.662. The largest absolute Gasteiger partial charge is 0.457 e. The molecule has 148 valence electrons. The van der Waals surface area contributed by atoms with Gasteiger partial charge in [0.25, 0.3) is 0 Å². The van der Waals surface area contributed by atoms with Gasteiger partial charge in [-0.05, 0) is 55.0 Å². The molecule has 1 aliphatic heterocycles. The summed E-state index contributed by atoms with van der Waals surface area (Å²) in [5, 5.41) is 3.23. The van der Waals surface area contributed by atoms with Crippen LogP contribution in [0.4, 0.5) is 21.0 Å². The van der Waals surface area contributed by atoms with Gasteiger partial charge in [-0.15, -0.1) is 0 Å². The summed E-state index contributed by atoms with van der Waals surface area (Å²) in [7, 11) is 0. The molecule has 1 aliphatic rings. The predicted octanol–water partition coefficient (Wildman–Crippen LogP) is 4.54. The maximum atomic E-state index is 13.0. The first-order chi connectivity index (χ1) is 14.1. The number of carbonyl (C=O) groups excluding carboxylic acids is 1. The number of benzene rings is 2. The third kappa shape index (κ3) is 4.43. The average molecular weight is 394 g/mol. The van der Waals surface area contributed by atoms with Gasteiger partial charge in [0.15, 0.2) is 0 Å². The number of nitrogens with zero attached hydrogens (tertiary/aromatic N) is 3. The zero-order valence-electron chi connectivity index (χ0n) is 15.7. The van der Waals surface area contributed by atoms with E-state index in [1.165, 1.54) is 17.0 Å². The second kappa shape index (κ2) is 8.14. The fourth-order valence-electron chi connectivity index (χ4n) is 2.91. The van der Waals surface area contributed by atoms with Gasteiger partial charge >= 0.3 is 6.09 Å². The van der Waals surface area contributed by atoms with Gasteiger partial charge in [0.1, 0.15) is 29.7 Å². The van der Waals surface area contributed by atoms with Crippen molar-refractivity contribution in [2.45, 2.75) is 13.0 Å². The molecular weight excluding hydrogens is 375 g/mol. The summed E-state index contributed by atoms with van der Waals surface area (Å²) in [6.45, 7) is 2.81. The highest BCUT2D eigenvalue weighted by atomic mass is 19.1. The van der Waals surface area contributed by atoms with Crippen LogP contribution in [0.15, 0.2) is 60.8 Å². The maximum absolute atomic E-state index is 13.0. The van der Waals surface area contributed by atoms with Crippen LogP contribution in [-0.4, -0.2) is 29.2 Å². The molecule has 0 aliphatic carbocycles. The summed E-state index contributed by atoms with van der Waals surface area (Å²) in [5.74, 6) is 1.83. The predicted molar refractivity (Wildman–Crippen MR) is 106 cm³/mol. The van der Waals surface area contributed by atoms with E-state index in [0.29, 0.717) is 36.4 Å². The molecule has 8 heteroatoms. The minimum Gasteiger partial charge on any atom is -0.457 e. The van der Waals surface area contributed by atoms with Crippen LogP contribution >= 0.6 is 0 Å². The molecule has 1 N–H and O–H groups in total. The van der Waals surface area contributed by atoms with E-state index in [1.807, 2.05) is 31.2 Å². The number of ether oxygens (including phenoxy) is 2. The lowest BCUT2D eigenvalue weighted by molar-refractivity contribution is 0.181. The van der Waals surface area contributed by atoms with Crippen LogP contribution in [0.2, 0.25) is 0 Å². The minimum atomic E-state index is -0.403. The van der Waals surface area contributed by atoms with Crippen molar-refractivity contribution >= 4 is 17.9 Å². The highest BCUT2D eigenvalue weighted by Gasteiger charge is 2.25.